The van der Waals surface area contributed by atoms with Crippen molar-refractivity contribution in [1.29, 1.82) is 0 Å². The van der Waals surface area contributed by atoms with Gasteiger partial charge in [0, 0.05) is 24.5 Å². The number of hydrogen-bond acceptors (Lipinski definition) is 3. The van der Waals surface area contributed by atoms with E-state index in [-0.39, 0.29) is 0 Å². The summed E-state index contributed by atoms with van der Waals surface area (Å²) in [6.07, 6.45) is 8.51. The summed E-state index contributed by atoms with van der Waals surface area (Å²) in [4.78, 5) is 8.43. The average Bonchev–Trinajstić information content (AvgIpc) is 3.04. The highest BCUT2D eigenvalue weighted by molar-refractivity contribution is 5.62. The summed E-state index contributed by atoms with van der Waals surface area (Å²) >= 11 is 0. The van der Waals surface area contributed by atoms with Crippen molar-refractivity contribution in [3.63, 3.8) is 0 Å². The number of nitrogens with zero attached hydrogens (tertiary/aromatic N) is 3. The summed E-state index contributed by atoms with van der Waals surface area (Å²) in [5.41, 5.74) is 6.24. The van der Waals surface area contributed by atoms with Crippen LogP contribution in [-0.4, -0.2) is 21.1 Å². The molecule has 4 nitrogen and oxygen atoms in total. The quantitative estimate of drug-likeness (QED) is 0.782. The molecule has 0 saturated heterocycles. The van der Waals surface area contributed by atoms with E-state index in [4.69, 9.17) is 0 Å². The second-order valence-corrected chi connectivity index (χ2v) is 5.23. The Morgan fingerprint density at radius 1 is 1.05 bits per heavy atom. The van der Waals surface area contributed by atoms with Crippen LogP contribution in [0.15, 0.2) is 55.2 Å². The van der Waals surface area contributed by atoms with E-state index in [2.05, 4.69) is 38.1 Å². The number of rotatable bonds is 2. The molecule has 3 aromatic rings. The molecule has 0 radical (unpaired) electrons. The van der Waals surface area contributed by atoms with Crippen LogP contribution in [0.4, 0.5) is 0 Å². The normalized spacial score (nSPS) is 13.9. The molecule has 0 aliphatic carbocycles. The molecule has 0 atom stereocenters. The zero-order valence-corrected chi connectivity index (χ0v) is 11.7. The number of benzene rings is 1. The van der Waals surface area contributed by atoms with Crippen molar-refractivity contribution in [2.24, 2.45) is 0 Å². The van der Waals surface area contributed by atoms with Gasteiger partial charge in [-0.3, -0.25) is 9.55 Å². The van der Waals surface area contributed by atoms with E-state index in [9.17, 15) is 0 Å². The Balaban J connectivity index is 1.88. The second kappa shape index (κ2) is 5.14. The lowest BCUT2D eigenvalue weighted by Crippen LogP contribution is -2.25. The minimum Gasteiger partial charge on any atom is -0.312 e. The van der Waals surface area contributed by atoms with Crippen LogP contribution in [0.2, 0.25) is 0 Å². The molecule has 0 amide bonds. The van der Waals surface area contributed by atoms with Gasteiger partial charge in [-0.1, -0.05) is 12.1 Å². The average molecular weight is 276 g/mol. The third kappa shape index (κ3) is 2.14. The van der Waals surface area contributed by atoms with E-state index in [1.807, 2.05) is 37.1 Å². The van der Waals surface area contributed by atoms with Gasteiger partial charge in [-0.15, -0.1) is 0 Å². The maximum atomic E-state index is 4.35. The number of hydrogen-bond donors (Lipinski definition) is 1. The van der Waals surface area contributed by atoms with E-state index in [1.165, 1.54) is 16.8 Å². The topological polar surface area (TPSA) is 42.7 Å². The first-order chi connectivity index (χ1) is 10.4. The van der Waals surface area contributed by atoms with E-state index in [0.29, 0.717) is 0 Å². The molecule has 4 rings (SSSR count). The first kappa shape index (κ1) is 12.3. The maximum absolute atomic E-state index is 4.35. The fourth-order valence-corrected chi connectivity index (χ4v) is 2.94. The monoisotopic (exact) mass is 276 g/mol. The standard InChI is InChI=1S/C17H16N4/c1-2-13-4-9-19-10-15(13)16(3-1)21-12-20-11-17(21)14-5-7-18-8-6-14/h1-3,5-8,11-12,19H,4,9-10H2. The fraction of sp³-hybridized carbons (Fsp3) is 0.176. The lowest BCUT2D eigenvalue weighted by Gasteiger charge is -2.21. The van der Waals surface area contributed by atoms with Gasteiger partial charge in [-0.25, -0.2) is 4.98 Å². The lowest BCUT2D eigenvalue weighted by atomic mass is 9.99. The summed E-state index contributed by atoms with van der Waals surface area (Å²) in [5, 5.41) is 3.46. The Morgan fingerprint density at radius 2 is 1.95 bits per heavy atom. The molecule has 1 aliphatic heterocycles. The van der Waals surface area contributed by atoms with Crippen LogP contribution in [0, 0.1) is 0 Å². The van der Waals surface area contributed by atoms with E-state index in [1.54, 1.807) is 0 Å². The van der Waals surface area contributed by atoms with Gasteiger partial charge in [-0.2, -0.15) is 0 Å². The van der Waals surface area contributed by atoms with Crippen molar-refractivity contribution in [2.45, 2.75) is 13.0 Å². The lowest BCUT2D eigenvalue weighted by molar-refractivity contribution is 0.640. The molecule has 1 N–H and O–H groups in total. The van der Waals surface area contributed by atoms with E-state index < -0.39 is 0 Å². The molecule has 0 spiro atoms. The van der Waals surface area contributed by atoms with Crippen LogP contribution >= 0.6 is 0 Å². The highest BCUT2D eigenvalue weighted by Crippen LogP contribution is 2.27. The molecule has 0 saturated carbocycles. The highest BCUT2D eigenvalue weighted by atomic mass is 15.1. The predicted octanol–water partition coefficient (Wildman–Crippen LogP) is 2.58. The first-order valence-electron chi connectivity index (χ1n) is 7.18. The highest BCUT2D eigenvalue weighted by Gasteiger charge is 2.15. The minimum absolute atomic E-state index is 0.916. The molecule has 0 fully saturated rings. The molecule has 0 unspecified atom stereocenters. The first-order valence-corrected chi connectivity index (χ1v) is 7.18. The van der Waals surface area contributed by atoms with Gasteiger partial charge < -0.3 is 5.32 Å². The van der Waals surface area contributed by atoms with Gasteiger partial charge in [0.15, 0.2) is 0 Å². The molecule has 2 aromatic heterocycles. The molecule has 21 heavy (non-hydrogen) atoms. The molecule has 4 heteroatoms. The van der Waals surface area contributed by atoms with Crippen LogP contribution < -0.4 is 5.32 Å². The smallest absolute Gasteiger partial charge is 0.0997 e. The number of pyridine rings is 1. The molecule has 104 valence electrons. The Bertz CT molecular complexity index is 761. The molecular weight excluding hydrogens is 260 g/mol. The van der Waals surface area contributed by atoms with Crippen molar-refractivity contribution in [3.05, 3.63) is 66.4 Å². The number of fused-ring (bicyclic) bond motifs is 1. The van der Waals surface area contributed by atoms with E-state index in [0.717, 1.165) is 30.8 Å². The van der Waals surface area contributed by atoms with Crippen LogP contribution in [0.1, 0.15) is 11.1 Å². The van der Waals surface area contributed by atoms with E-state index >= 15 is 0 Å². The SMILES string of the molecule is c1cc2c(c(-n3cncc3-c3ccncc3)c1)CNCC2. The van der Waals surface area contributed by atoms with Crippen molar-refractivity contribution in [1.82, 2.24) is 19.9 Å². The maximum Gasteiger partial charge on any atom is 0.0997 e. The third-order valence-corrected chi connectivity index (χ3v) is 4.00. The van der Waals surface area contributed by atoms with Crippen LogP contribution in [0.25, 0.3) is 16.9 Å². The molecule has 1 aromatic carbocycles. The Morgan fingerprint density at radius 3 is 2.86 bits per heavy atom. The Labute approximate surface area is 123 Å². The second-order valence-electron chi connectivity index (χ2n) is 5.23. The molecule has 0 bridgehead atoms. The van der Waals surface area contributed by atoms with Crippen LogP contribution in [-0.2, 0) is 13.0 Å². The van der Waals surface area contributed by atoms with Gasteiger partial charge in [0.25, 0.3) is 0 Å². The van der Waals surface area contributed by atoms with Gasteiger partial charge in [0.1, 0.15) is 0 Å². The van der Waals surface area contributed by atoms with Crippen LogP contribution in [0.3, 0.4) is 0 Å². The minimum atomic E-state index is 0.916. The Hall–Kier alpha value is -2.46. The molecule has 1 aliphatic rings. The summed E-state index contributed by atoms with van der Waals surface area (Å²) in [6.45, 7) is 1.97. The largest absolute Gasteiger partial charge is 0.312 e. The van der Waals surface area contributed by atoms with Gasteiger partial charge in [0.2, 0.25) is 0 Å². The summed E-state index contributed by atoms with van der Waals surface area (Å²) in [6, 6.07) is 10.6. The number of nitrogens with one attached hydrogen (secondary N) is 1. The van der Waals surface area contributed by atoms with Crippen molar-refractivity contribution >= 4 is 0 Å². The third-order valence-electron chi connectivity index (χ3n) is 4.00. The number of aromatic nitrogens is 3. The van der Waals surface area contributed by atoms with Crippen molar-refractivity contribution in [2.75, 3.05) is 6.54 Å². The zero-order valence-electron chi connectivity index (χ0n) is 11.7. The summed E-state index contributed by atoms with van der Waals surface area (Å²) in [5.74, 6) is 0. The fourth-order valence-electron chi connectivity index (χ4n) is 2.94. The van der Waals surface area contributed by atoms with Gasteiger partial charge >= 0.3 is 0 Å². The zero-order chi connectivity index (χ0) is 14.1. The Kier molecular flexibility index (Phi) is 3.01. The number of imidazole rings is 1. The van der Waals surface area contributed by atoms with Gasteiger partial charge in [-0.05, 0) is 42.3 Å². The van der Waals surface area contributed by atoms with Crippen molar-refractivity contribution < 1.29 is 0 Å². The summed E-state index contributed by atoms with van der Waals surface area (Å²) in [7, 11) is 0. The molecule has 3 heterocycles. The summed E-state index contributed by atoms with van der Waals surface area (Å²) < 4.78 is 2.17. The van der Waals surface area contributed by atoms with Crippen molar-refractivity contribution in [3.8, 4) is 16.9 Å². The van der Waals surface area contributed by atoms with Gasteiger partial charge in [0.05, 0.1) is 23.9 Å². The van der Waals surface area contributed by atoms with Crippen LogP contribution in [0.5, 0.6) is 0 Å². The predicted molar refractivity (Wildman–Crippen MR) is 82.2 cm³/mol. The molecular formula is C17H16N4.